The standard InChI is InChI=1S/2C12H10F.C6H5.CH3.2ClH.GeH2.Hf/c2*1-9-3-2-4-12(9)10-5-7-11(13)8-6-10;1-2-4-6-5-3-1;;;;;/h2*4-8H,2H2,1H3;1-5H;1H3;2*1H;1H2;. The van der Waals surface area contributed by atoms with Crippen molar-refractivity contribution in [3.05, 3.63) is 132 Å². The van der Waals surface area contributed by atoms with Crippen LogP contribution in [0.3, 0.4) is 0 Å². The molecular weight excluding hydrogens is 732 g/mol. The first-order chi connectivity index (χ1) is 16.7. The van der Waals surface area contributed by atoms with E-state index in [0.29, 0.717) is 0 Å². The molecule has 0 aromatic heterocycles. The van der Waals surface area contributed by atoms with Crippen molar-refractivity contribution in [2.45, 2.75) is 31.4 Å². The molecule has 2 aliphatic rings. The van der Waals surface area contributed by atoms with Crippen LogP contribution in [0.5, 0.6) is 0 Å². The Balaban J connectivity index is 0.00000190. The van der Waals surface area contributed by atoms with Crippen molar-refractivity contribution in [2.75, 3.05) is 0 Å². The molecule has 0 heterocycles. The second-order valence-corrected chi connectivity index (χ2v) is 61.4. The molecule has 0 fully saturated rings. The molecule has 0 saturated heterocycles. The zero-order valence-electron chi connectivity index (χ0n) is 21.4. The Labute approximate surface area is 236 Å². The molecule has 192 valence electrons. The second kappa shape index (κ2) is 11.3. The fraction of sp³-hybridized carbons (Fsp3) is 0.161. The Morgan fingerprint density at radius 1 is 0.622 bits per heavy atom. The van der Waals surface area contributed by atoms with E-state index >= 15 is 0 Å². The van der Waals surface area contributed by atoms with Crippen LogP contribution in [-0.2, 0) is 15.4 Å². The third-order valence-corrected chi connectivity index (χ3v) is 52.6. The average Bonchev–Trinajstić information content (AvgIpc) is 3.45. The Morgan fingerprint density at radius 2 is 1.00 bits per heavy atom. The van der Waals surface area contributed by atoms with Gasteiger partial charge in [0, 0.05) is 0 Å². The molecule has 37 heavy (non-hydrogen) atoms. The van der Waals surface area contributed by atoms with Crippen LogP contribution in [0.25, 0.3) is 11.1 Å². The summed E-state index contributed by atoms with van der Waals surface area (Å²) in [6, 6.07) is 25.0. The SMILES string of the molecule is CC1=[C]([Hf]([CH3])(=[GeH2])([C]2=C(C)C(c3ccc(F)cc3)=CC2)[c]2ccccc2)CC=C1c1ccc(F)cc1.Cl.Cl. The maximum atomic E-state index is 13.6. The normalized spacial score (nSPS) is 15.7. The van der Waals surface area contributed by atoms with Gasteiger partial charge in [-0.15, -0.1) is 24.8 Å². The van der Waals surface area contributed by atoms with Crippen molar-refractivity contribution in [1.29, 1.82) is 0 Å². The molecule has 0 aliphatic heterocycles. The molecule has 0 unspecified atom stereocenters. The van der Waals surface area contributed by atoms with Crippen LogP contribution in [-0.4, -0.2) is 12.2 Å². The first kappa shape index (κ1) is 30.0. The predicted molar refractivity (Wildman–Crippen MR) is 158 cm³/mol. The van der Waals surface area contributed by atoms with E-state index < -0.39 is 15.4 Å². The summed E-state index contributed by atoms with van der Waals surface area (Å²) in [5.41, 5.74) is 7.43. The smallest absolute Gasteiger partial charge is 0.147 e. The average molecular weight is 765 g/mol. The maximum Gasteiger partial charge on any atom is -0.147 e. The molecule has 0 N–H and O–H groups in total. The Bertz CT molecular complexity index is 1420. The van der Waals surface area contributed by atoms with E-state index in [1.807, 2.05) is 24.3 Å². The van der Waals surface area contributed by atoms with Crippen molar-refractivity contribution < 1.29 is 24.2 Å². The molecule has 0 bridgehead atoms. The van der Waals surface area contributed by atoms with Gasteiger partial charge in [-0.2, -0.15) is 0 Å². The van der Waals surface area contributed by atoms with Gasteiger partial charge in [0.05, 0.1) is 0 Å². The maximum absolute atomic E-state index is 13.6. The molecule has 3 aromatic rings. The topological polar surface area (TPSA) is 0 Å². The number of rotatable bonds is 5. The summed E-state index contributed by atoms with van der Waals surface area (Å²) >= 11 is -2.74. The van der Waals surface area contributed by atoms with Gasteiger partial charge in [-0.05, 0) is 0 Å². The molecule has 0 spiro atoms. The Kier molecular flexibility index (Phi) is 9.17. The monoisotopic (exact) mass is 766 g/mol. The molecule has 6 heteroatoms. The summed E-state index contributed by atoms with van der Waals surface area (Å²) in [5, 5.41) is 0. The fourth-order valence-corrected chi connectivity index (χ4v) is 45.1. The molecular formula is C31H32Cl2F2GeHf. The van der Waals surface area contributed by atoms with Crippen LogP contribution in [0.15, 0.2) is 109 Å². The van der Waals surface area contributed by atoms with Gasteiger partial charge in [-0.1, -0.05) is 0 Å². The summed E-state index contributed by atoms with van der Waals surface area (Å²) in [6.07, 6.45) is 6.63. The molecule has 0 saturated carbocycles. The third-order valence-electron chi connectivity index (χ3n) is 8.23. The van der Waals surface area contributed by atoms with Crippen molar-refractivity contribution in [3.8, 4) is 0 Å². The van der Waals surface area contributed by atoms with E-state index in [-0.39, 0.29) is 36.4 Å². The minimum absolute atomic E-state index is 0. The van der Waals surface area contributed by atoms with E-state index in [2.05, 4.69) is 61.0 Å². The van der Waals surface area contributed by atoms with Gasteiger partial charge in [-0.25, -0.2) is 0 Å². The number of benzene rings is 3. The van der Waals surface area contributed by atoms with Crippen LogP contribution in [0.2, 0.25) is 4.68 Å². The minimum Gasteiger partial charge on any atom is -0.147 e. The van der Waals surface area contributed by atoms with Crippen LogP contribution in [0.1, 0.15) is 37.8 Å². The number of hydrogen-bond acceptors (Lipinski definition) is 0. The van der Waals surface area contributed by atoms with E-state index in [1.54, 1.807) is 30.9 Å². The largest absolute Gasteiger partial charge is 0.147 e. The number of allylic oxidation sites excluding steroid dienone is 8. The Hall–Kier alpha value is -1.53. The number of halogens is 4. The van der Waals surface area contributed by atoms with Crippen molar-refractivity contribution in [3.63, 3.8) is 0 Å². The van der Waals surface area contributed by atoms with E-state index in [4.69, 9.17) is 0 Å². The molecule has 0 nitrogen and oxygen atoms in total. The summed E-state index contributed by atoms with van der Waals surface area (Å²) in [7, 11) is 0. The van der Waals surface area contributed by atoms with Crippen molar-refractivity contribution in [2.24, 2.45) is 0 Å². The van der Waals surface area contributed by atoms with Crippen LogP contribution >= 0.6 is 24.8 Å². The van der Waals surface area contributed by atoms with Crippen LogP contribution in [0.4, 0.5) is 8.78 Å². The molecule has 3 aromatic carbocycles. The second-order valence-electron chi connectivity index (χ2n) is 10.2. The van der Waals surface area contributed by atoms with Crippen molar-refractivity contribution in [1.82, 2.24) is 0 Å². The first-order valence-corrected chi connectivity index (χ1v) is 35.8. The summed E-state index contributed by atoms with van der Waals surface area (Å²) in [6.45, 7) is 4.54. The van der Waals surface area contributed by atoms with E-state index in [1.165, 1.54) is 37.8 Å². The Morgan fingerprint density at radius 3 is 1.38 bits per heavy atom. The molecule has 0 radical (unpaired) electrons. The number of hydrogen-bond donors (Lipinski definition) is 0. The predicted octanol–water partition coefficient (Wildman–Crippen LogP) is 8.24. The molecule has 0 atom stereocenters. The van der Waals surface area contributed by atoms with Gasteiger partial charge in [0.15, 0.2) is 0 Å². The quantitative estimate of drug-likeness (QED) is 0.230. The zero-order valence-corrected chi connectivity index (χ0v) is 29.5. The van der Waals surface area contributed by atoms with E-state index in [9.17, 15) is 8.78 Å². The van der Waals surface area contributed by atoms with Crippen LogP contribution < -0.4 is 3.32 Å². The minimum atomic E-state index is -3.99. The van der Waals surface area contributed by atoms with Gasteiger partial charge < -0.3 is 0 Å². The summed E-state index contributed by atoms with van der Waals surface area (Å²) in [4.78, 5) is 0. The first-order valence-electron chi connectivity index (χ1n) is 12.1. The van der Waals surface area contributed by atoms with Gasteiger partial charge in [-0.3, -0.25) is 0 Å². The zero-order chi connectivity index (χ0) is 24.8. The molecule has 2 aliphatic carbocycles. The third kappa shape index (κ3) is 5.09. The van der Waals surface area contributed by atoms with Gasteiger partial charge in [0.25, 0.3) is 0 Å². The van der Waals surface area contributed by atoms with Gasteiger partial charge >= 0.3 is 214 Å². The molecule has 5 rings (SSSR count). The summed E-state index contributed by atoms with van der Waals surface area (Å²) in [5.74, 6) is -0.402. The van der Waals surface area contributed by atoms with Crippen molar-refractivity contribution >= 4 is 51.5 Å². The van der Waals surface area contributed by atoms with Gasteiger partial charge in [0.1, 0.15) is 0 Å². The molecule has 0 amide bonds. The van der Waals surface area contributed by atoms with E-state index in [0.717, 1.165) is 24.0 Å². The van der Waals surface area contributed by atoms with Crippen LogP contribution in [0, 0.1) is 11.6 Å². The fourth-order valence-electron chi connectivity index (χ4n) is 6.26. The van der Waals surface area contributed by atoms with Gasteiger partial charge in [0.2, 0.25) is 0 Å². The summed E-state index contributed by atoms with van der Waals surface area (Å²) < 4.78 is 34.7.